The number of rotatable bonds is 5. The van der Waals surface area contributed by atoms with E-state index in [1.165, 1.54) is 18.8 Å². The Kier molecular flexibility index (Phi) is 4.45. The summed E-state index contributed by atoms with van der Waals surface area (Å²) in [6.07, 6.45) is 0.903. The fourth-order valence-electron chi connectivity index (χ4n) is 1.52. The third-order valence-electron chi connectivity index (χ3n) is 2.59. The number of hydrogen-bond acceptors (Lipinski definition) is 5. The minimum atomic E-state index is -0.414. The lowest BCUT2D eigenvalue weighted by atomic mass is 10.4. The summed E-state index contributed by atoms with van der Waals surface area (Å²) >= 11 is 0. The first-order chi connectivity index (χ1) is 7.99. The lowest BCUT2D eigenvalue weighted by molar-refractivity contribution is 0.590. The predicted molar refractivity (Wildman–Crippen MR) is 66.5 cm³/mol. The van der Waals surface area contributed by atoms with Crippen LogP contribution in [0, 0.1) is 0 Å². The van der Waals surface area contributed by atoms with Crippen LogP contribution in [0.1, 0.15) is 6.42 Å². The molecule has 0 aliphatic carbocycles. The molecular formula is C10H19N5O2. The third kappa shape index (κ3) is 2.94. The molecular weight excluding hydrogens is 222 g/mol. The van der Waals surface area contributed by atoms with Gasteiger partial charge in [-0.25, -0.2) is 9.48 Å². The van der Waals surface area contributed by atoms with Gasteiger partial charge in [0.1, 0.15) is 0 Å². The molecule has 1 aromatic heterocycles. The van der Waals surface area contributed by atoms with Crippen molar-refractivity contribution >= 4 is 5.82 Å². The van der Waals surface area contributed by atoms with Crippen molar-refractivity contribution in [3.63, 3.8) is 0 Å². The topological polar surface area (TPSA) is 72.2 Å². The van der Waals surface area contributed by atoms with Crippen molar-refractivity contribution in [2.75, 3.05) is 32.1 Å². The van der Waals surface area contributed by atoms with Crippen LogP contribution < -0.4 is 21.5 Å². The zero-order valence-electron chi connectivity index (χ0n) is 10.7. The summed E-state index contributed by atoms with van der Waals surface area (Å²) in [5.41, 5.74) is -0.776. The fraction of sp³-hybridized carbons (Fsp3) is 0.700. The van der Waals surface area contributed by atoms with Crippen LogP contribution in [0.2, 0.25) is 0 Å². The molecule has 1 N–H and O–H groups in total. The molecule has 0 fully saturated rings. The van der Waals surface area contributed by atoms with E-state index in [2.05, 4.69) is 10.4 Å². The van der Waals surface area contributed by atoms with Crippen molar-refractivity contribution < 1.29 is 0 Å². The number of hydrogen-bond donors (Lipinski definition) is 1. The maximum absolute atomic E-state index is 11.8. The van der Waals surface area contributed by atoms with E-state index in [0.717, 1.165) is 17.5 Å². The van der Waals surface area contributed by atoms with Gasteiger partial charge in [0.05, 0.1) is 0 Å². The molecule has 1 aromatic rings. The summed E-state index contributed by atoms with van der Waals surface area (Å²) in [6.45, 7) is 1.58. The summed E-state index contributed by atoms with van der Waals surface area (Å²) in [4.78, 5) is 25.1. The van der Waals surface area contributed by atoms with Crippen molar-refractivity contribution in [1.82, 2.24) is 19.7 Å². The average Bonchev–Trinajstić information content (AvgIpc) is 2.31. The molecule has 0 bridgehead atoms. The monoisotopic (exact) mass is 241 g/mol. The van der Waals surface area contributed by atoms with Crippen LogP contribution in [-0.4, -0.2) is 41.5 Å². The Balaban J connectivity index is 2.99. The molecule has 1 rings (SSSR count). The van der Waals surface area contributed by atoms with Gasteiger partial charge in [0, 0.05) is 27.7 Å². The van der Waals surface area contributed by atoms with Gasteiger partial charge >= 0.3 is 5.69 Å². The number of anilines is 1. The van der Waals surface area contributed by atoms with Crippen LogP contribution in [0.25, 0.3) is 0 Å². The largest absolute Gasteiger partial charge is 0.354 e. The highest BCUT2D eigenvalue weighted by Crippen LogP contribution is 1.98. The lowest BCUT2D eigenvalue weighted by Crippen LogP contribution is -2.42. The van der Waals surface area contributed by atoms with Gasteiger partial charge in [0.2, 0.25) is 5.82 Å². The van der Waals surface area contributed by atoms with Gasteiger partial charge in [-0.2, -0.15) is 0 Å². The van der Waals surface area contributed by atoms with Crippen molar-refractivity contribution in [3.8, 4) is 0 Å². The van der Waals surface area contributed by atoms with Gasteiger partial charge in [-0.1, -0.05) is 0 Å². The third-order valence-corrected chi connectivity index (χ3v) is 2.59. The molecule has 96 valence electrons. The van der Waals surface area contributed by atoms with Gasteiger partial charge in [-0.3, -0.25) is 9.36 Å². The number of nitrogens with zero attached hydrogens (tertiary/aromatic N) is 4. The van der Waals surface area contributed by atoms with E-state index in [4.69, 9.17) is 0 Å². The first-order valence-corrected chi connectivity index (χ1v) is 5.49. The molecule has 0 spiro atoms. The Labute approximate surface area is 99.7 Å². The molecule has 0 saturated carbocycles. The highest BCUT2D eigenvalue weighted by Gasteiger charge is 2.12. The molecule has 7 nitrogen and oxygen atoms in total. The Morgan fingerprint density at radius 3 is 2.59 bits per heavy atom. The minimum Gasteiger partial charge on any atom is -0.354 e. The van der Waals surface area contributed by atoms with E-state index >= 15 is 0 Å². The molecule has 0 amide bonds. The second-order valence-electron chi connectivity index (χ2n) is 3.97. The first-order valence-electron chi connectivity index (χ1n) is 5.49. The standard InChI is InChI=1S/C10H19N5O2/c1-11-6-5-7-13(2)8-9(16)14(3)10(17)15(4)12-8/h11H,5-7H2,1-4H3. The summed E-state index contributed by atoms with van der Waals surface area (Å²) in [7, 11) is 6.66. The first kappa shape index (κ1) is 13.4. The molecule has 0 radical (unpaired) electrons. The highest BCUT2D eigenvalue weighted by molar-refractivity contribution is 5.32. The zero-order valence-corrected chi connectivity index (χ0v) is 10.7. The van der Waals surface area contributed by atoms with E-state index in [0.29, 0.717) is 12.4 Å². The summed E-state index contributed by atoms with van der Waals surface area (Å²) in [5, 5.41) is 7.02. The van der Waals surface area contributed by atoms with Crippen LogP contribution in [0.3, 0.4) is 0 Å². The summed E-state index contributed by atoms with van der Waals surface area (Å²) < 4.78 is 2.24. The van der Waals surface area contributed by atoms with Crippen molar-refractivity contribution in [1.29, 1.82) is 0 Å². The van der Waals surface area contributed by atoms with Crippen LogP contribution in [0.15, 0.2) is 9.59 Å². The summed E-state index contributed by atoms with van der Waals surface area (Å²) in [6, 6.07) is 0. The predicted octanol–water partition coefficient (Wildman–Crippen LogP) is -1.48. The minimum absolute atomic E-state index is 0.297. The van der Waals surface area contributed by atoms with Crippen LogP contribution in [0.4, 0.5) is 5.82 Å². The maximum Gasteiger partial charge on any atom is 0.346 e. The zero-order chi connectivity index (χ0) is 13.0. The van der Waals surface area contributed by atoms with Gasteiger partial charge in [-0.05, 0) is 20.0 Å². The molecule has 0 aliphatic heterocycles. The Morgan fingerprint density at radius 2 is 2.00 bits per heavy atom. The van der Waals surface area contributed by atoms with Gasteiger partial charge < -0.3 is 10.2 Å². The Bertz CT molecular complexity index is 490. The van der Waals surface area contributed by atoms with Crippen molar-refractivity contribution in [2.24, 2.45) is 14.1 Å². The lowest BCUT2D eigenvalue weighted by Gasteiger charge is -2.17. The highest BCUT2D eigenvalue weighted by atomic mass is 16.2. The molecule has 1 heterocycles. The molecule has 0 atom stereocenters. The molecule has 0 saturated heterocycles. The summed E-state index contributed by atoms with van der Waals surface area (Å²) in [5.74, 6) is 0.297. The van der Waals surface area contributed by atoms with Gasteiger partial charge in [-0.15, -0.1) is 5.10 Å². The molecule has 0 aliphatic rings. The fourth-order valence-corrected chi connectivity index (χ4v) is 1.52. The Morgan fingerprint density at radius 1 is 1.35 bits per heavy atom. The SMILES string of the molecule is CNCCCN(C)c1nn(C)c(=O)n(C)c1=O. The van der Waals surface area contributed by atoms with Crippen molar-refractivity contribution in [3.05, 3.63) is 20.8 Å². The van der Waals surface area contributed by atoms with Crippen molar-refractivity contribution in [2.45, 2.75) is 6.42 Å². The van der Waals surface area contributed by atoms with E-state index in [-0.39, 0.29) is 5.56 Å². The average molecular weight is 241 g/mol. The molecule has 17 heavy (non-hydrogen) atoms. The van der Waals surface area contributed by atoms with E-state index < -0.39 is 5.69 Å². The van der Waals surface area contributed by atoms with E-state index in [1.54, 1.807) is 11.9 Å². The van der Waals surface area contributed by atoms with Crippen LogP contribution in [-0.2, 0) is 14.1 Å². The molecule has 0 aromatic carbocycles. The quantitative estimate of drug-likeness (QED) is 0.637. The number of aryl methyl sites for hydroxylation is 1. The molecule has 7 heteroatoms. The molecule has 0 unspecified atom stereocenters. The second kappa shape index (κ2) is 5.62. The van der Waals surface area contributed by atoms with E-state index in [9.17, 15) is 9.59 Å². The van der Waals surface area contributed by atoms with E-state index in [1.807, 2.05) is 7.05 Å². The number of aromatic nitrogens is 3. The normalized spacial score (nSPS) is 10.6. The van der Waals surface area contributed by atoms with Crippen LogP contribution in [0.5, 0.6) is 0 Å². The second-order valence-corrected chi connectivity index (χ2v) is 3.97. The smallest absolute Gasteiger partial charge is 0.346 e. The van der Waals surface area contributed by atoms with Gasteiger partial charge in [0.25, 0.3) is 5.56 Å². The maximum atomic E-state index is 11.8. The number of nitrogens with one attached hydrogen (secondary N) is 1. The van der Waals surface area contributed by atoms with Crippen LogP contribution >= 0.6 is 0 Å². The van der Waals surface area contributed by atoms with Gasteiger partial charge in [0.15, 0.2) is 0 Å². The Hall–Kier alpha value is -1.63.